The van der Waals surface area contributed by atoms with Crippen LogP contribution in [0.15, 0.2) is 9.98 Å². The molecule has 0 aromatic carbocycles. The fraction of sp³-hybridized carbons (Fsp3) is 0.706. The molecule has 0 aromatic rings. The maximum Gasteiger partial charge on any atom is 0.328 e. The molecule has 6 amide bonds. The highest BCUT2D eigenvalue weighted by atomic mass is 16.4. The van der Waals surface area contributed by atoms with Crippen molar-refractivity contribution in [3.8, 4) is 0 Å². The van der Waals surface area contributed by atoms with Gasteiger partial charge in [-0.1, -0.05) is 27.7 Å². The summed E-state index contributed by atoms with van der Waals surface area (Å²) in [6.45, 7) is 4.76. The third kappa shape index (κ3) is 22.1. The number of aliphatic carboxylic acids is 2. The number of nitrogens with zero attached hydrogens (tertiary/aromatic N) is 2. The van der Waals surface area contributed by atoms with Gasteiger partial charge in [-0.15, -0.1) is 0 Å². The molecule has 0 spiro atoms. The largest absolute Gasteiger partial charge is 0.481 e. The van der Waals surface area contributed by atoms with Crippen LogP contribution in [0.1, 0.15) is 72.6 Å². The van der Waals surface area contributed by atoms with Gasteiger partial charge in [-0.2, -0.15) is 0 Å². The minimum absolute atomic E-state index is 0.0160. The van der Waals surface area contributed by atoms with E-state index in [4.69, 9.17) is 33.8 Å². The number of guanidine groups is 2. The maximum absolute atomic E-state index is 13.6. The van der Waals surface area contributed by atoms with Gasteiger partial charge in [0.1, 0.15) is 36.3 Å². The Morgan fingerprint density at radius 2 is 0.949 bits per heavy atom. The molecule has 0 aliphatic rings. The second kappa shape index (κ2) is 27.8. The number of aliphatic hydroxyl groups is 2. The predicted octanol–water partition coefficient (Wildman–Crippen LogP) is -6.03. The molecule has 0 bridgehead atoms. The molecule has 0 aromatic heterocycles. The van der Waals surface area contributed by atoms with Crippen molar-refractivity contribution in [2.75, 3.05) is 26.3 Å². The van der Waals surface area contributed by atoms with Gasteiger partial charge in [-0.3, -0.25) is 43.5 Å². The van der Waals surface area contributed by atoms with Crippen LogP contribution in [-0.2, 0) is 38.4 Å². The number of hydrogen-bond donors (Lipinski definition) is 15. The van der Waals surface area contributed by atoms with Gasteiger partial charge in [0.05, 0.1) is 19.3 Å². The van der Waals surface area contributed by atoms with Crippen LogP contribution in [0.4, 0.5) is 0 Å². The zero-order chi connectivity index (χ0) is 45.4. The highest BCUT2D eigenvalue weighted by molar-refractivity contribution is 5.97. The van der Waals surface area contributed by atoms with Crippen molar-refractivity contribution in [1.82, 2.24) is 31.9 Å². The molecule has 0 saturated heterocycles. The number of carboxylic acid groups (broad SMARTS) is 2. The van der Waals surface area contributed by atoms with Gasteiger partial charge >= 0.3 is 11.9 Å². The Bertz CT molecular complexity index is 1490. The van der Waals surface area contributed by atoms with E-state index < -0.39 is 115 Å². The zero-order valence-corrected chi connectivity index (χ0v) is 33.8. The Labute approximate surface area is 341 Å². The average Bonchev–Trinajstić information content (AvgIpc) is 3.14. The second-order valence-corrected chi connectivity index (χ2v) is 14.3. The van der Waals surface area contributed by atoms with Crippen LogP contribution in [-0.4, -0.2) is 148 Å². The molecule has 59 heavy (non-hydrogen) atoms. The first-order valence-corrected chi connectivity index (χ1v) is 18.9. The maximum atomic E-state index is 13.6. The lowest BCUT2D eigenvalue weighted by Gasteiger charge is -2.28. The van der Waals surface area contributed by atoms with Crippen molar-refractivity contribution < 1.29 is 58.8 Å². The van der Waals surface area contributed by atoms with Gasteiger partial charge in [0, 0.05) is 19.5 Å². The molecule has 0 unspecified atom stereocenters. The van der Waals surface area contributed by atoms with Crippen molar-refractivity contribution in [1.29, 1.82) is 0 Å². The predicted molar refractivity (Wildman–Crippen MR) is 212 cm³/mol. The number of carbonyl (C=O) groups excluding carboxylic acids is 6. The Morgan fingerprint density at radius 1 is 0.542 bits per heavy atom. The summed E-state index contributed by atoms with van der Waals surface area (Å²) >= 11 is 0. The van der Waals surface area contributed by atoms with Crippen LogP contribution in [0.25, 0.3) is 0 Å². The molecule has 25 nitrogen and oxygen atoms in total. The topological polar surface area (TPSA) is 444 Å². The molecule has 0 saturated carbocycles. The fourth-order valence-corrected chi connectivity index (χ4v) is 5.18. The molecule has 25 heteroatoms. The molecular weight excluding hydrogens is 782 g/mol. The first kappa shape index (κ1) is 53.2. The fourth-order valence-electron chi connectivity index (χ4n) is 5.18. The molecule has 0 rings (SSSR count). The minimum Gasteiger partial charge on any atom is -0.481 e. The third-order valence-electron chi connectivity index (χ3n) is 8.36. The van der Waals surface area contributed by atoms with E-state index in [0.29, 0.717) is 0 Å². The molecule has 0 aliphatic heterocycles. The van der Waals surface area contributed by atoms with Crippen molar-refractivity contribution in [3.63, 3.8) is 0 Å². The summed E-state index contributed by atoms with van der Waals surface area (Å²) in [5.41, 5.74) is 27.3. The molecule has 7 atom stereocenters. The van der Waals surface area contributed by atoms with E-state index in [9.17, 15) is 53.7 Å². The smallest absolute Gasteiger partial charge is 0.328 e. The first-order chi connectivity index (χ1) is 27.5. The van der Waals surface area contributed by atoms with E-state index in [1.54, 1.807) is 27.7 Å². The molecular formula is C34H63N13O12. The Morgan fingerprint density at radius 3 is 1.36 bits per heavy atom. The minimum atomic E-state index is -1.71. The van der Waals surface area contributed by atoms with Gasteiger partial charge in [-0.25, -0.2) is 4.79 Å². The quantitative estimate of drug-likeness (QED) is 0.0189. The number of nitrogens with two attached hydrogens (primary N) is 5. The monoisotopic (exact) mass is 845 g/mol. The molecule has 0 aliphatic carbocycles. The molecule has 336 valence electrons. The molecule has 0 radical (unpaired) electrons. The highest BCUT2D eigenvalue weighted by Gasteiger charge is 2.34. The van der Waals surface area contributed by atoms with Crippen molar-refractivity contribution in [2.24, 2.45) is 50.5 Å². The summed E-state index contributed by atoms with van der Waals surface area (Å²) in [7, 11) is 0. The zero-order valence-electron chi connectivity index (χ0n) is 33.8. The summed E-state index contributed by atoms with van der Waals surface area (Å²) in [6, 6.07) is -10.0. The van der Waals surface area contributed by atoms with E-state index >= 15 is 0 Å². The van der Waals surface area contributed by atoms with Crippen LogP contribution in [0, 0.1) is 11.8 Å². The number of aliphatic imine (C=N–C) groups is 2. The van der Waals surface area contributed by atoms with Gasteiger partial charge < -0.3 is 81.0 Å². The number of carbonyl (C=O) groups is 8. The standard InChI is InChI=1S/C34H63N13O12/c1-16(2)13-21(29(55)46-23(15-49)32(58)59)44-27(53)19(7-5-11-40-33(36)37)42-30(56)22(14-48)45-28(54)20(8-6-12-41-34(38)39)43-31(57)25(17(3)4)47-26(52)18(35)9-10-24(50)51/h16-23,25,48-49H,5-15,35H2,1-4H3,(H,42,56)(H,43,57)(H,44,53)(H,45,54)(H,46,55)(H,47,52)(H,50,51)(H,58,59)(H4,36,37,40)(H4,38,39,41)/t18-,19-,20-,21-,22-,23-,25-/m0/s1. The Hall–Kier alpha value is -5.82. The normalized spacial score (nSPS) is 14.5. The lowest BCUT2D eigenvalue weighted by atomic mass is 10.0. The van der Waals surface area contributed by atoms with E-state index in [1.165, 1.54) is 0 Å². The van der Waals surface area contributed by atoms with Gasteiger partial charge in [0.2, 0.25) is 35.4 Å². The van der Waals surface area contributed by atoms with Crippen molar-refractivity contribution in [2.45, 2.75) is 115 Å². The van der Waals surface area contributed by atoms with Crippen LogP contribution >= 0.6 is 0 Å². The van der Waals surface area contributed by atoms with E-state index in [0.717, 1.165) is 0 Å². The average molecular weight is 846 g/mol. The van der Waals surface area contributed by atoms with Crippen LogP contribution in [0.2, 0.25) is 0 Å². The molecule has 20 N–H and O–H groups in total. The number of rotatable bonds is 29. The van der Waals surface area contributed by atoms with Gasteiger partial charge in [0.15, 0.2) is 11.9 Å². The van der Waals surface area contributed by atoms with E-state index in [1.807, 2.05) is 0 Å². The summed E-state index contributed by atoms with van der Waals surface area (Å²) in [4.78, 5) is 110. The lowest BCUT2D eigenvalue weighted by molar-refractivity contribution is -0.143. The summed E-state index contributed by atoms with van der Waals surface area (Å²) in [6.07, 6.45) is -0.589. The summed E-state index contributed by atoms with van der Waals surface area (Å²) in [5.74, 6) is -9.44. The van der Waals surface area contributed by atoms with E-state index in [2.05, 4.69) is 41.9 Å². The number of hydrogen-bond acceptors (Lipinski definition) is 13. The summed E-state index contributed by atoms with van der Waals surface area (Å²) < 4.78 is 0. The second-order valence-electron chi connectivity index (χ2n) is 14.3. The number of nitrogens with one attached hydrogen (secondary N) is 6. The number of carboxylic acids is 2. The number of amides is 6. The van der Waals surface area contributed by atoms with Crippen LogP contribution in [0.3, 0.4) is 0 Å². The Kier molecular flexibility index (Phi) is 25.0. The SMILES string of the molecule is CC(C)C[C@H](NC(=O)[C@H](CCCN=C(N)N)NC(=O)[C@H](CO)NC(=O)[C@H](CCCN=C(N)N)NC(=O)[C@@H](NC(=O)[C@@H](N)CCC(=O)O)C(C)C)C(=O)N[C@@H](CO)C(=O)O. The molecule has 0 fully saturated rings. The van der Waals surface area contributed by atoms with Crippen molar-refractivity contribution >= 4 is 59.3 Å². The van der Waals surface area contributed by atoms with Crippen molar-refractivity contribution in [3.05, 3.63) is 0 Å². The van der Waals surface area contributed by atoms with E-state index in [-0.39, 0.29) is 69.5 Å². The third-order valence-corrected chi connectivity index (χ3v) is 8.36. The number of aliphatic hydroxyl groups excluding tert-OH is 2. The molecule has 0 heterocycles. The first-order valence-electron chi connectivity index (χ1n) is 18.9. The van der Waals surface area contributed by atoms with Crippen LogP contribution < -0.4 is 60.6 Å². The van der Waals surface area contributed by atoms with Gasteiger partial charge in [0.25, 0.3) is 0 Å². The summed E-state index contributed by atoms with van der Waals surface area (Å²) in [5, 5.41) is 52.1. The Balaban J connectivity index is 6.36. The lowest BCUT2D eigenvalue weighted by Crippen LogP contribution is -2.61. The van der Waals surface area contributed by atoms with Gasteiger partial charge in [-0.05, 0) is 50.4 Å². The van der Waals surface area contributed by atoms with Crippen LogP contribution in [0.5, 0.6) is 0 Å². The highest BCUT2D eigenvalue weighted by Crippen LogP contribution is 2.10.